The number of nitrogens with one attached hydrogen (secondary N) is 1. The van der Waals surface area contributed by atoms with Crippen molar-refractivity contribution in [3.05, 3.63) is 76.5 Å². The van der Waals surface area contributed by atoms with E-state index < -0.39 is 5.54 Å². The second-order valence-electron chi connectivity index (χ2n) is 8.67. The summed E-state index contributed by atoms with van der Waals surface area (Å²) in [4.78, 5) is 15.9. The number of hydrogen-bond donors (Lipinski definition) is 2. The van der Waals surface area contributed by atoms with E-state index in [1.807, 2.05) is 30.3 Å². The number of nitrogens with zero attached hydrogens (tertiary/aromatic N) is 1. The van der Waals surface area contributed by atoms with E-state index in [0.717, 1.165) is 16.7 Å². The largest absolute Gasteiger partial charge is 0.483 e. The van der Waals surface area contributed by atoms with Crippen LogP contribution in [-0.2, 0) is 11.3 Å². The van der Waals surface area contributed by atoms with Crippen LogP contribution in [0, 0.1) is 0 Å². The van der Waals surface area contributed by atoms with E-state index in [0.29, 0.717) is 12.3 Å². The molecule has 2 aromatic carbocycles. The zero-order valence-corrected chi connectivity index (χ0v) is 20.0. The van der Waals surface area contributed by atoms with E-state index in [-0.39, 0.29) is 25.2 Å². The lowest BCUT2D eigenvalue weighted by Crippen LogP contribution is -2.48. The van der Waals surface area contributed by atoms with Crippen LogP contribution >= 0.6 is 11.3 Å². The molecule has 3 rings (SSSR count). The van der Waals surface area contributed by atoms with Crippen LogP contribution in [0.5, 0.6) is 5.75 Å². The number of rotatable bonds is 10. The van der Waals surface area contributed by atoms with Crippen molar-refractivity contribution in [2.24, 2.45) is 0 Å². The minimum Gasteiger partial charge on any atom is -0.483 e. The van der Waals surface area contributed by atoms with Gasteiger partial charge in [-0.05, 0) is 62.5 Å². The fraction of sp³-hybridized carbons (Fsp3) is 0.346. The number of hydrogen-bond acceptors (Lipinski definition) is 5. The van der Waals surface area contributed by atoms with Gasteiger partial charge in [-0.25, -0.2) is 0 Å². The molecule has 0 saturated heterocycles. The molecule has 1 aromatic heterocycles. The van der Waals surface area contributed by atoms with Crippen LogP contribution in [0.4, 0.5) is 0 Å². The summed E-state index contributed by atoms with van der Waals surface area (Å²) in [7, 11) is 2.10. The second kappa shape index (κ2) is 10.8. The van der Waals surface area contributed by atoms with Crippen LogP contribution in [0.15, 0.2) is 66.0 Å². The molecule has 0 fully saturated rings. The topological polar surface area (TPSA) is 61.8 Å². The number of aliphatic hydroxyl groups excluding tert-OH is 1. The van der Waals surface area contributed by atoms with Crippen LogP contribution in [0.1, 0.15) is 37.3 Å². The molecule has 0 saturated carbocycles. The summed E-state index contributed by atoms with van der Waals surface area (Å²) in [5.41, 5.74) is 2.58. The monoisotopic (exact) mass is 452 g/mol. The number of carbonyl (C=O) groups excluding carboxylic acids is 1. The third kappa shape index (κ3) is 6.42. The molecule has 1 heterocycles. The number of thiophene rings is 1. The fourth-order valence-electron chi connectivity index (χ4n) is 3.40. The summed E-state index contributed by atoms with van der Waals surface area (Å²) in [5.74, 6) is 0.425. The molecule has 0 radical (unpaired) electrons. The average Bonchev–Trinajstić information content (AvgIpc) is 3.33. The molecule has 6 heteroatoms. The van der Waals surface area contributed by atoms with Crippen molar-refractivity contribution in [1.82, 2.24) is 10.2 Å². The first-order valence-corrected chi connectivity index (χ1v) is 11.6. The molecule has 170 valence electrons. The van der Waals surface area contributed by atoms with E-state index in [1.54, 1.807) is 25.2 Å². The lowest BCUT2D eigenvalue weighted by atomic mass is 10.0. The number of benzene rings is 2. The van der Waals surface area contributed by atoms with Gasteiger partial charge in [-0.2, -0.15) is 0 Å². The quantitative estimate of drug-likeness (QED) is 0.461. The highest BCUT2D eigenvalue weighted by molar-refractivity contribution is 7.10. The second-order valence-corrected chi connectivity index (χ2v) is 9.65. The first-order chi connectivity index (χ1) is 15.3. The van der Waals surface area contributed by atoms with E-state index in [2.05, 4.69) is 59.9 Å². The molecule has 3 aromatic rings. The van der Waals surface area contributed by atoms with Gasteiger partial charge in [-0.1, -0.05) is 42.5 Å². The van der Waals surface area contributed by atoms with Gasteiger partial charge in [0.15, 0.2) is 6.61 Å². The first-order valence-electron chi connectivity index (χ1n) is 10.8. The Morgan fingerprint density at radius 2 is 1.88 bits per heavy atom. The van der Waals surface area contributed by atoms with Crippen molar-refractivity contribution in [2.45, 2.75) is 38.9 Å². The number of amides is 1. The summed E-state index contributed by atoms with van der Waals surface area (Å²) in [6, 6.07) is 20.8. The summed E-state index contributed by atoms with van der Waals surface area (Å²) >= 11 is 1.75. The highest BCUT2D eigenvalue weighted by atomic mass is 32.1. The molecular formula is C26H32N2O3S. The van der Waals surface area contributed by atoms with Gasteiger partial charge in [-0.3, -0.25) is 9.69 Å². The third-order valence-electron chi connectivity index (χ3n) is 5.44. The Bertz CT molecular complexity index is 1000. The number of carbonyl (C=O) groups is 1. The smallest absolute Gasteiger partial charge is 0.258 e. The molecule has 0 spiro atoms. The summed E-state index contributed by atoms with van der Waals surface area (Å²) < 4.78 is 5.93. The van der Waals surface area contributed by atoms with Crippen molar-refractivity contribution >= 4 is 17.2 Å². The minimum atomic E-state index is -0.684. The van der Waals surface area contributed by atoms with Crippen molar-refractivity contribution < 1.29 is 14.6 Å². The Morgan fingerprint density at radius 1 is 1.12 bits per heavy atom. The maximum Gasteiger partial charge on any atom is 0.258 e. The third-order valence-corrected chi connectivity index (χ3v) is 6.48. The van der Waals surface area contributed by atoms with Gasteiger partial charge >= 0.3 is 0 Å². The SMILES string of the molecule is C[C@@H](c1cccs1)N(C)Cc1cc(-c2ccccc2)ccc1OCC(=O)NC(C)(C)CO. The van der Waals surface area contributed by atoms with Crippen molar-refractivity contribution in [2.75, 3.05) is 20.3 Å². The van der Waals surface area contributed by atoms with Crippen LogP contribution < -0.4 is 10.1 Å². The van der Waals surface area contributed by atoms with Crippen molar-refractivity contribution in [3.8, 4) is 16.9 Å². The number of aliphatic hydroxyl groups is 1. The molecule has 1 atom stereocenters. The van der Waals surface area contributed by atoms with E-state index in [4.69, 9.17) is 4.74 Å². The van der Waals surface area contributed by atoms with Crippen LogP contribution in [0.25, 0.3) is 11.1 Å². The maximum absolute atomic E-state index is 12.3. The molecular weight excluding hydrogens is 420 g/mol. The lowest BCUT2D eigenvalue weighted by molar-refractivity contribution is -0.125. The maximum atomic E-state index is 12.3. The normalized spacial score (nSPS) is 12.6. The Kier molecular flexibility index (Phi) is 8.07. The predicted octanol–water partition coefficient (Wildman–Crippen LogP) is 4.87. The number of ether oxygens (including phenoxy) is 1. The fourth-order valence-corrected chi connectivity index (χ4v) is 4.25. The first kappa shape index (κ1) is 24.0. The van der Waals surface area contributed by atoms with Crippen LogP contribution in [0.3, 0.4) is 0 Å². The van der Waals surface area contributed by atoms with E-state index in [1.165, 1.54) is 4.88 Å². The molecule has 32 heavy (non-hydrogen) atoms. The highest BCUT2D eigenvalue weighted by Crippen LogP contribution is 2.31. The van der Waals surface area contributed by atoms with Gasteiger partial charge in [-0.15, -0.1) is 11.3 Å². The minimum absolute atomic E-state index is 0.106. The predicted molar refractivity (Wildman–Crippen MR) is 131 cm³/mol. The summed E-state index contributed by atoms with van der Waals surface area (Å²) in [5, 5.41) is 14.3. The van der Waals surface area contributed by atoms with Crippen molar-refractivity contribution in [1.29, 1.82) is 0 Å². The van der Waals surface area contributed by atoms with Crippen molar-refractivity contribution in [3.63, 3.8) is 0 Å². The Labute approximate surface area is 194 Å². The molecule has 1 amide bonds. The highest BCUT2D eigenvalue weighted by Gasteiger charge is 2.20. The van der Waals surface area contributed by atoms with E-state index >= 15 is 0 Å². The Balaban J connectivity index is 1.81. The zero-order chi connectivity index (χ0) is 23.1. The zero-order valence-electron chi connectivity index (χ0n) is 19.2. The average molecular weight is 453 g/mol. The molecule has 0 aliphatic heterocycles. The standard InChI is InChI=1S/C26H32N2O3S/c1-19(24-11-8-14-32-24)28(4)16-22-15-21(20-9-6-5-7-10-20)12-13-23(22)31-17-25(30)27-26(2,3)18-29/h5-15,19,29H,16-18H2,1-4H3,(H,27,30)/t19-/m0/s1. The summed E-state index contributed by atoms with van der Waals surface area (Å²) in [6.07, 6.45) is 0. The van der Waals surface area contributed by atoms with Gasteiger partial charge in [0.1, 0.15) is 5.75 Å². The molecule has 0 aliphatic rings. The molecule has 2 N–H and O–H groups in total. The van der Waals surface area contributed by atoms with E-state index in [9.17, 15) is 9.90 Å². The Morgan fingerprint density at radius 3 is 2.53 bits per heavy atom. The van der Waals surface area contributed by atoms with Gasteiger partial charge in [0.2, 0.25) is 0 Å². The summed E-state index contributed by atoms with van der Waals surface area (Å²) in [6.45, 7) is 6.17. The van der Waals surface area contributed by atoms with Gasteiger partial charge in [0.05, 0.1) is 12.1 Å². The van der Waals surface area contributed by atoms with Gasteiger partial charge in [0.25, 0.3) is 5.91 Å². The molecule has 0 aliphatic carbocycles. The van der Waals surface area contributed by atoms with Gasteiger partial charge < -0.3 is 15.2 Å². The molecule has 5 nitrogen and oxygen atoms in total. The lowest BCUT2D eigenvalue weighted by Gasteiger charge is -2.26. The molecule has 0 bridgehead atoms. The van der Waals surface area contributed by atoms with Crippen LogP contribution in [-0.4, -0.2) is 41.7 Å². The molecule has 0 unspecified atom stereocenters. The van der Waals surface area contributed by atoms with Crippen LogP contribution in [0.2, 0.25) is 0 Å². The van der Waals surface area contributed by atoms with Gasteiger partial charge in [0, 0.05) is 23.0 Å². The Hall–Kier alpha value is -2.67.